The summed E-state index contributed by atoms with van der Waals surface area (Å²) >= 11 is 0. The van der Waals surface area contributed by atoms with Crippen molar-refractivity contribution in [1.82, 2.24) is 0 Å². The summed E-state index contributed by atoms with van der Waals surface area (Å²) in [6, 6.07) is 0. The highest BCUT2D eigenvalue weighted by atomic mass is 16.3. The zero-order chi connectivity index (χ0) is 6.24. The van der Waals surface area contributed by atoms with Gasteiger partial charge in [-0.05, 0) is 11.8 Å². The van der Waals surface area contributed by atoms with Gasteiger partial charge in [0.2, 0.25) is 0 Å². The largest absolute Gasteiger partial charge is 0.384 e. The Morgan fingerprint density at radius 3 is 1.50 bits per heavy atom. The number of hydrogen-bond acceptors (Lipinski definition) is 2. The van der Waals surface area contributed by atoms with Crippen LogP contribution in [0.1, 0.15) is 0 Å². The van der Waals surface area contributed by atoms with E-state index in [9.17, 15) is 0 Å². The van der Waals surface area contributed by atoms with Crippen molar-refractivity contribution in [2.45, 2.75) is 0 Å². The highest BCUT2D eigenvalue weighted by Crippen LogP contribution is 1.52. The Kier molecular flexibility index (Phi) is 5.32. The summed E-state index contributed by atoms with van der Waals surface area (Å²) in [7, 11) is 0. The van der Waals surface area contributed by atoms with Crippen molar-refractivity contribution in [3.8, 4) is 23.7 Å². The van der Waals surface area contributed by atoms with Gasteiger partial charge in [0.1, 0.15) is 13.2 Å². The molecule has 0 bridgehead atoms. The average Bonchev–Trinajstić information content (AvgIpc) is 1.81. The van der Waals surface area contributed by atoms with Gasteiger partial charge >= 0.3 is 0 Å². The van der Waals surface area contributed by atoms with Crippen molar-refractivity contribution >= 4 is 0 Å². The van der Waals surface area contributed by atoms with Crippen LogP contribution in [0.25, 0.3) is 0 Å². The molecule has 0 spiro atoms. The molecule has 0 aromatic heterocycles. The first-order chi connectivity index (χ1) is 3.91. The fraction of sp³-hybridized carbons (Fsp3) is 0.333. The highest BCUT2D eigenvalue weighted by Gasteiger charge is 1.57. The van der Waals surface area contributed by atoms with Crippen LogP contribution in [-0.4, -0.2) is 23.4 Å². The molecule has 2 N–H and O–H groups in total. The molecule has 0 radical (unpaired) electrons. The zero-order valence-electron chi connectivity index (χ0n) is 4.31. The summed E-state index contributed by atoms with van der Waals surface area (Å²) in [4.78, 5) is 0. The zero-order valence-corrected chi connectivity index (χ0v) is 4.31. The third-order valence-corrected chi connectivity index (χ3v) is 0.397. The van der Waals surface area contributed by atoms with E-state index >= 15 is 0 Å². The molecule has 2 nitrogen and oxygen atoms in total. The van der Waals surface area contributed by atoms with Crippen LogP contribution in [0.4, 0.5) is 0 Å². The minimum atomic E-state index is -0.180. The molecule has 0 heterocycles. The molecule has 42 valence electrons. The van der Waals surface area contributed by atoms with Gasteiger partial charge in [-0.15, -0.1) is 0 Å². The predicted octanol–water partition coefficient (Wildman–Crippen LogP) is -1.02. The average molecular weight is 110 g/mol. The molecule has 0 amide bonds. The van der Waals surface area contributed by atoms with Crippen LogP contribution in [0.3, 0.4) is 0 Å². The number of aliphatic hydroxyl groups excluding tert-OH is 2. The Bertz CT molecular complexity index is 131. The molecule has 0 aliphatic carbocycles. The summed E-state index contributed by atoms with van der Waals surface area (Å²) < 4.78 is 0. The molecule has 0 saturated carbocycles. The normalized spacial score (nSPS) is 5.75. The van der Waals surface area contributed by atoms with Crippen molar-refractivity contribution in [1.29, 1.82) is 0 Å². The Labute approximate surface area is 48.2 Å². The van der Waals surface area contributed by atoms with E-state index in [-0.39, 0.29) is 13.2 Å². The van der Waals surface area contributed by atoms with E-state index in [0.29, 0.717) is 0 Å². The lowest BCUT2D eigenvalue weighted by molar-refractivity contribution is 0.350. The molecule has 0 saturated heterocycles. The summed E-state index contributed by atoms with van der Waals surface area (Å²) in [5.41, 5.74) is 0. The van der Waals surface area contributed by atoms with Crippen molar-refractivity contribution in [2.75, 3.05) is 13.2 Å². The van der Waals surface area contributed by atoms with E-state index < -0.39 is 0 Å². The minimum Gasteiger partial charge on any atom is -0.384 e. The molecular formula is C6H6O2. The second-order valence-corrected chi connectivity index (χ2v) is 0.920. The Balaban J connectivity index is 3.40. The topological polar surface area (TPSA) is 40.5 Å². The van der Waals surface area contributed by atoms with Gasteiger partial charge in [0.05, 0.1) is 0 Å². The van der Waals surface area contributed by atoms with Crippen LogP contribution < -0.4 is 0 Å². The van der Waals surface area contributed by atoms with E-state index in [1.165, 1.54) is 0 Å². The molecule has 0 aromatic rings. The fourth-order valence-corrected chi connectivity index (χ4v) is 0.167. The van der Waals surface area contributed by atoms with Crippen LogP contribution in [-0.2, 0) is 0 Å². The second-order valence-electron chi connectivity index (χ2n) is 0.920. The predicted molar refractivity (Wildman–Crippen MR) is 29.7 cm³/mol. The number of aliphatic hydroxyl groups is 2. The van der Waals surface area contributed by atoms with Gasteiger partial charge < -0.3 is 10.2 Å². The molecule has 8 heavy (non-hydrogen) atoms. The molecule has 0 unspecified atom stereocenters. The first kappa shape index (κ1) is 7.04. The Hall–Kier alpha value is -0.960. The van der Waals surface area contributed by atoms with Gasteiger partial charge in [0.15, 0.2) is 0 Å². The number of hydrogen-bond donors (Lipinski definition) is 2. The summed E-state index contributed by atoms with van der Waals surface area (Å²) in [6.45, 7) is -0.361. The second kappa shape index (κ2) is 6.04. The van der Waals surface area contributed by atoms with Gasteiger partial charge in [0, 0.05) is 0 Å². The molecule has 0 aliphatic rings. The maximum Gasteiger partial charge on any atom is 0.105 e. The van der Waals surface area contributed by atoms with Crippen LogP contribution in [0.15, 0.2) is 0 Å². The minimum absolute atomic E-state index is 0.180. The van der Waals surface area contributed by atoms with E-state index in [2.05, 4.69) is 23.7 Å². The number of rotatable bonds is 0. The first-order valence-electron chi connectivity index (χ1n) is 2.09. The lowest BCUT2D eigenvalue weighted by Crippen LogP contribution is -1.71. The maximum atomic E-state index is 8.06. The van der Waals surface area contributed by atoms with E-state index in [0.717, 1.165) is 0 Å². The smallest absolute Gasteiger partial charge is 0.105 e. The SMILES string of the molecule is OCC#CC#CCO. The van der Waals surface area contributed by atoms with Crippen LogP contribution in [0.2, 0.25) is 0 Å². The summed E-state index contributed by atoms with van der Waals surface area (Å²) in [5, 5.41) is 16.1. The molecule has 2 heteroatoms. The highest BCUT2D eigenvalue weighted by molar-refractivity contribution is 5.25. The van der Waals surface area contributed by atoms with Crippen molar-refractivity contribution < 1.29 is 10.2 Å². The molecule has 0 rings (SSSR count). The van der Waals surface area contributed by atoms with Gasteiger partial charge in [0.25, 0.3) is 0 Å². The lowest BCUT2D eigenvalue weighted by atomic mass is 10.5. The standard InChI is InChI=1S/C6H6O2/c7-5-3-1-2-4-6-8/h7-8H,5-6H2. The lowest BCUT2D eigenvalue weighted by Gasteiger charge is -1.64. The van der Waals surface area contributed by atoms with Crippen LogP contribution >= 0.6 is 0 Å². The quantitative estimate of drug-likeness (QED) is 0.392. The Morgan fingerprint density at radius 2 is 1.25 bits per heavy atom. The molecular weight excluding hydrogens is 104 g/mol. The monoisotopic (exact) mass is 110 g/mol. The fourth-order valence-electron chi connectivity index (χ4n) is 0.167. The van der Waals surface area contributed by atoms with Gasteiger partial charge in [-0.3, -0.25) is 0 Å². The van der Waals surface area contributed by atoms with Crippen LogP contribution in [0.5, 0.6) is 0 Å². The molecule has 0 aromatic carbocycles. The van der Waals surface area contributed by atoms with Gasteiger partial charge in [-0.25, -0.2) is 0 Å². The van der Waals surface area contributed by atoms with E-state index in [4.69, 9.17) is 10.2 Å². The van der Waals surface area contributed by atoms with Crippen LogP contribution in [0, 0.1) is 23.7 Å². The van der Waals surface area contributed by atoms with E-state index in [1.807, 2.05) is 0 Å². The molecule has 0 aliphatic heterocycles. The van der Waals surface area contributed by atoms with Crippen molar-refractivity contribution in [3.63, 3.8) is 0 Å². The summed E-state index contributed by atoms with van der Waals surface area (Å²) in [5.74, 6) is 9.24. The Morgan fingerprint density at radius 1 is 0.875 bits per heavy atom. The van der Waals surface area contributed by atoms with Crippen molar-refractivity contribution in [2.24, 2.45) is 0 Å². The molecule has 0 atom stereocenters. The molecule has 0 fully saturated rings. The van der Waals surface area contributed by atoms with E-state index in [1.54, 1.807) is 0 Å². The third kappa shape index (κ3) is 5.04. The van der Waals surface area contributed by atoms with Crippen molar-refractivity contribution in [3.05, 3.63) is 0 Å². The first-order valence-corrected chi connectivity index (χ1v) is 2.09. The third-order valence-electron chi connectivity index (χ3n) is 0.397. The van der Waals surface area contributed by atoms with Gasteiger partial charge in [-0.2, -0.15) is 0 Å². The summed E-state index contributed by atoms with van der Waals surface area (Å²) in [6.07, 6.45) is 0. The maximum absolute atomic E-state index is 8.06. The van der Waals surface area contributed by atoms with Gasteiger partial charge in [-0.1, -0.05) is 11.8 Å².